The molecule has 0 fully saturated rings. The maximum absolute atomic E-state index is 12.4. The Morgan fingerprint density at radius 3 is 2.57 bits per heavy atom. The second-order valence-electron chi connectivity index (χ2n) is 6.47. The first-order chi connectivity index (χ1) is 13.5. The molecule has 0 unspecified atom stereocenters. The van der Waals surface area contributed by atoms with Crippen LogP contribution in [0.5, 0.6) is 5.75 Å². The molecule has 0 bridgehead atoms. The molecule has 6 heteroatoms. The van der Waals surface area contributed by atoms with E-state index in [-0.39, 0.29) is 11.5 Å². The summed E-state index contributed by atoms with van der Waals surface area (Å²) in [6.07, 6.45) is 7.20. The minimum absolute atomic E-state index is 0.00451. The summed E-state index contributed by atoms with van der Waals surface area (Å²) in [5.41, 5.74) is 3.18. The summed E-state index contributed by atoms with van der Waals surface area (Å²) in [5.74, 6) is 0.0236. The van der Waals surface area contributed by atoms with Gasteiger partial charge >= 0.3 is 5.97 Å². The topological polar surface area (TPSA) is 71.4 Å². The SMILES string of the molecule is C/C=N\N1C(C(=O)OC)=C(O)c2ccc(OCCC)c(CCCC)c2/C1=C\C. The first kappa shape index (κ1) is 21.5. The van der Waals surface area contributed by atoms with E-state index in [0.717, 1.165) is 48.3 Å². The van der Waals surface area contributed by atoms with Crippen LogP contribution in [0, 0.1) is 0 Å². The van der Waals surface area contributed by atoms with Crippen molar-refractivity contribution in [3.63, 3.8) is 0 Å². The van der Waals surface area contributed by atoms with Gasteiger partial charge in [0.25, 0.3) is 0 Å². The van der Waals surface area contributed by atoms with Crippen molar-refractivity contribution in [1.82, 2.24) is 5.01 Å². The zero-order chi connectivity index (χ0) is 20.7. The fraction of sp³-hybridized carbons (Fsp3) is 0.455. The minimum Gasteiger partial charge on any atom is -0.505 e. The van der Waals surface area contributed by atoms with Crippen LogP contribution in [0.15, 0.2) is 29.0 Å². The molecule has 0 amide bonds. The lowest BCUT2D eigenvalue weighted by Crippen LogP contribution is -2.29. The summed E-state index contributed by atoms with van der Waals surface area (Å²) < 4.78 is 10.9. The number of esters is 1. The molecule has 1 aliphatic rings. The van der Waals surface area contributed by atoms with Gasteiger partial charge in [-0.3, -0.25) is 0 Å². The van der Waals surface area contributed by atoms with Crippen LogP contribution < -0.4 is 4.74 Å². The average Bonchev–Trinajstić information content (AvgIpc) is 2.71. The third-order valence-electron chi connectivity index (χ3n) is 4.57. The van der Waals surface area contributed by atoms with Crippen LogP contribution in [-0.4, -0.2) is 36.0 Å². The van der Waals surface area contributed by atoms with Crippen LogP contribution in [0.25, 0.3) is 11.5 Å². The van der Waals surface area contributed by atoms with Gasteiger partial charge in [0.15, 0.2) is 11.5 Å². The first-order valence-electron chi connectivity index (χ1n) is 9.81. The number of ether oxygens (including phenoxy) is 2. The van der Waals surface area contributed by atoms with Gasteiger partial charge in [0.2, 0.25) is 0 Å². The van der Waals surface area contributed by atoms with Gasteiger partial charge in [0.1, 0.15) is 5.75 Å². The third-order valence-corrected chi connectivity index (χ3v) is 4.57. The van der Waals surface area contributed by atoms with Gasteiger partial charge in [0, 0.05) is 22.9 Å². The van der Waals surface area contributed by atoms with Gasteiger partial charge < -0.3 is 14.6 Å². The standard InChI is InChI=1S/C22H30N2O4/c1-6-10-11-15-18(28-14-7-2)13-12-16-19(15)17(8-3)24(23-9-4)20(21(16)25)22(26)27-5/h8-9,12-13,25H,6-7,10-11,14H2,1-5H3/b17-8+,23-9-. The molecule has 1 N–H and O–H groups in total. The molecule has 28 heavy (non-hydrogen) atoms. The Morgan fingerprint density at radius 2 is 2.00 bits per heavy atom. The predicted molar refractivity (Wildman–Crippen MR) is 112 cm³/mol. The number of methoxy groups -OCH3 is 1. The Kier molecular flexibility index (Phi) is 7.67. The quantitative estimate of drug-likeness (QED) is 0.508. The van der Waals surface area contributed by atoms with Crippen molar-refractivity contribution >= 4 is 23.6 Å². The lowest BCUT2D eigenvalue weighted by molar-refractivity contribution is -0.137. The number of rotatable bonds is 8. The van der Waals surface area contributed by atoms with Gasteiger partial charge in [-0.05, 0) is 45.2 Å². The number of carbonyl (C=O) groups excluding carboxylic acids is 1. The second-order valence-corrected chi connectivity index (χ2v) is 6.47. The molecule has 2 rings (SSSR count). The molecule has 0 aliphatic carbocycles. The van der Waals surface area contributed by atoms with Crippen LogP contribution in [0.1, 0.15) is 63.6 Å². The highest BCUT2D eigenvalue weighted by Gasteiger charge is 2.35. The molecular formula is C22H30N2O4. The summed E-state index contributed by atoms with van der Waals surface area (Å²) in [6, 6.07) is 3.67. The van der Waals surface area contributed by atoms with Gasteiger partial charge in [0.05, 0.1) is 19.4 Å². The zero-order valence-electron chi connectivity index (χ0n) is 17.4. The number of hydrogen-bond acceptors (Lipinski definition) is 6. The number of aliphatic hydroxyl groups is 1. The zero-order valence-corrected chi connectivity index (χ0v) is 17.4. The molecule has 0 atom stereocenters. The van der Waals surface area contributed by atoms with E-state index in [4.69, 9.17) is 9.47 Å². The van der Waals surface area contributed by atoms with E-state index in [1.807, 2.05) is 19.1 Å². The monoisotopic (exact) mass is 386 g/mol. The summed E-state index contributed by atoms with van der Waals surface area (Å²) in [7, 11) is 1.29. The smallest absolute Gasteiger partial charge is 0.360 e. The molecule has 0 aromatic heterocycles. The van der Waals surface area contributed by atoms with E-state index in [2.05, 4.69) is 18.9 Å². The molecule has 0 spiro atoms. The Balaban J connectivity index is 2.80. The number of hydrazone groups is 1. The maximum atomic E-state index is 12.4. The Morgan fingerprint density at radius 1 is 1.25 bits per heavy atom. The van der Waals surface area contributed by atoms with Crippen LogP contribution in [0.2, 0.25) is 0 Å². The molecule has 0 radical (unpaired) electrons. The summed E-state index contributed by atoms with van der Waals surface area (Å²) in [4.78, 5) is 12.4. The molecule has 1 aromatic rings. The van der Waals surface area contributed by atoms with Gasteiger partial charge in [-0.15, -0.1) is 0 Å². The number of carbonyl (C=O) groups is 1. The number of aliphatic hydroxyl groups excluding tert-OH is 1. The van der Waals surface area contributed by atoms with Crippen molar-refractivity contribution in [2.24, 2.45) is 5.10 Å². The van der Waals surface area contributed by atoms with Crippen LogP contribution in [-0.2, 0) is 16.0 Å². The summed E-state index contributed by atoms with van der Waals surface area (Å²) in [6.45, 7) is 8.47. The Labute approximate surface area is 167 Å². The van der Waals surface area contributed by atoms with Gasteiger partial charge in [-0.1, -0.05) is 26.3 Å². The summed E-state index contributed by atoms with van der Waals surface area (Å²) in [5, 5.41) is 16.7. The molecule has 6 nitrogen and oxygen atoms in total. The van der Waals surface area contributed by atoms with E-state index in [1.54, 1.807) is 19.2 Å². The predicted octanol–water partition coefficient (Wildman–Crippen LogP) is 4.90. The molecule has 152 valence electrons. The van der Waals surface area contributed by atoms with Crippen molar-refractivity contribution in [3.05, 3.63) is 40.6 Å². The second kappa shape index (κ2) is 9.97. The normalized spacial score (nSPS) is 15.3. The van der Waals surface area contributed by atoms with E-state index in [9.17, 15) is 9.90 Å². The minimum atomic E-state index is -0.644. The van der Waals surface area contributed by atoms with E-state index in [0.29, 0.717) is 12.2 Å². The summed E-state index contributed by atoms with van der Waals surface area (Å²) >= 11 is 0. The van der Waals surface area contributed by atoms with Crippen molar-refractivity contribution in [2.45, 2.75) is 53.4 Å². The Hall–Kier alpha value is -2.76. The van der Waals surface area contributed by atoms with Gasteiger partial charge in [-0.25, -0.2) is 9.80 Å². The molecular weight excluding hydrogens is 356 g/mol. The number of benzene rings is 1. The number of fused-ring (bicyclic) bond motifs is 1. The largest absolute Gasteiger partial charge is 0.505 e. The van der Waals surface area contributed by atoms with Crippen molar-refractivity contribution < 1.29 is 19.4 Å². The first-order valence-corrected chi connectivity index (χ1v) is 9.81. The van der Waals surface area contributed by atoms with E-state index >= 15 is 0 Å². The number of nitrogens with zero attached hydrogens (tertiary/aromatic N) is 2. The van der Waals surface area contributed by atoms with E-state index in [1.165, 1.54) is 12.1 Å². The highest BCUT2D eigenvalue weighted by atomic mass is 16.5. The molecule has 1 aromatic carbocycles. The Bertz CT molecular complexity index is 809. The molecule has 0 saturated heterocycles. The number of allylic oxidation sites excluding steroid dienone is 1. The fourth-order valence-corrected chi connectivity index (χ4v) is 3.30. The lowest BCUT2D eigenvalue weighted by atomic mass is 9.89. The highest BCUT2D eigenvalue weighted by Crippen LogP contribution is 2.43. The third kappa shape index (κ3) is 4.06. The number of hydrogen-bond donors (Lipinski definition) is 1. The molecule has 0 saturated carbocycles. The maximum Gasteiger partial charge on any atom is 0.360 e. The fourth-order valence-electron chi connectivity index (χ4n) is 3.30. The lowest BCUT2D eigenvalue weighted by Gasteiger charge is -2.32. The van der Waals surface area contributed by atoms with Crippen molar-refractivity contribution in [3.8, 4) is 5.75 Å². The van der Waals surface area contributed by atoms with Crippen LogP contribution >= 0.6 is 0 Å². The molecule has 1 heterocycles. The molecule has 1 aliphatic heterocycles. The van der Waals surface area contributed by atoms with E-state index < -0.39 is 5.97 Å². The van der Waals surface area contributed by atoms with Gasteiger partial charge in [-0.2, -0.15) is 5.10 Å². The van der Waals surface area contributed by atoms with Crippen LogP contribution in [0.3, 0.4) is 0 Å². The average molecular weight is 386 g/mol. The van der Waals surface area contributed by atoms with Crippen LogP contribution in [0.4, 0.5) is 0 Å². The highest BCUT2D eigenvalue weighted by molar-refractivity contribution is 6.01. The van der Waals surface area contributed by atoms with Crippen molar-refractivity contribution in [2.75, 3.05) is 13.7 Å². The number of unbranched alkanes of at least 4 members (excludes halogenated alkanes) is 1. The van der Waals surface area contributed by atoms with Crippen molar-refractivity contribution in [1.29, 1.82) is 0 Å².